The van der Waals surface area contributed by atoms with Crippen LogP contribution in [0.25, 0.3) is 11.3 Å². The first-order valence-corrected chi connectivity index (χ1v) is 8.04. The lowest BCUT2D eigenvalue weighted by Crippen LogP contribution is -2.32. The number of aromatic nitrogens is 2. The van der Waals surface area contributed by atoms with Gasteiger partial charge in [-0.2, -0.15) is 5.10 Å². The summed E-state index contributed by atoms with van der Waals surface area (Å²) in [5.41, 5.74) is 3.14. The number of hydrogen-bond acceptors (Lipinski definition) is 3. The summed E-state index contributed by atoms with van der Waals surface area (Å²) in [6.45, 7) is 4.68. The van der Waals surface area contributed by atoms with Crippen LogP contribution in [0.5, 0.6) is 0 Å². The molecule has 1 aliphatic heterocycles. The Labute approximate surface area is 131 Å². The average molecular weight is 297 g/mol. The lowest BCUT2D eigenvalue weighted by molar-refractivity contribution is 0.175. The van der Waals surface area contributed by atoms with Gasteiger partial charge in [0.1, 0.15) is 0 Å². The van der Waals surface area contributed by atoms with E-state index in [0.717, 1.165) is 11.3 Å². The topological polar surface area (TPSA) is 38.1 Å². The van der Waals surface area contributed by atoms with Gasteiger partial charge in [0, 0.05) is 24.7 Å². The minimum absolute atomic E-state index is 0.0842. The van der Waals surface area contributed by atoms with Crippen LogP contribution in [0.3, 0.4) is 0 Å². The summed E-state index contributed by atoms with van der Waals surface area (Å²) in [4.78, 5) is 14.0. The molecule has 1 atom stereocenters. The smallest absolute Gasteiger partial charge is 0.266 e. The second-order valence-corrected chi connectivity index (χ2v) is 6.08. The van der Waals surface area contributed by atoms with Crippen molar-refractivity contribution in [2.45, 2.75) is 32.2 Å². The highest BCUT2D eigenvalue weighted by atomic mass is 16.1. The Morgan fingerprint density at radius 1 is 1.00 bits per heavy atom. The number of nitrogens with zero attached hydrogens (tertiary/aromatic N) is 3. The molecular weight excluding hydrogens is 274 g/mol. The summed E-state index contributed by atoms with van der Waals surface area (Å²) >= 11 is 0. The minimum Gasteiger partial charge on any atom is -0.297 e. The Morgan fingerprint density at radius 3 is 2.32 bits per heavy atom. The fraction of sp³-hybridized carbons (Fsp3) is 0.444. The van der Waals surface area contributed by atoms with Crippen molar-refractivity contribution in [1.29, 1.82) is 0 Å². The normalized spacial score (nSPS) is 17.4. The van der Waals surface area contributed by atoms with Crippen LogP contribution in [0.1, 0.15) is 37.8 Å². The van der Waals surface area contributed by atoms with Crippen molar-refractivity contribution < 1.29 is 0 Å². The van der Waals surface area contributed by atoms with Gasteiger partial charge in [-0.05, 0) is 44.5 Å². The molecule has 4 nitrogen and oxygen atoms in total. The molecule has 2 heterocycles. The molecule has 0 aliphatic carbocycles. The number of benzene rings is 1. The van der Waals surface area contributed by atoms with E-state index in [0.29, 0.717) is 6.04 Å². The van der Waals surface area contributed by atoms with Gasteiger partial charge in [-0.3, -0.25) is 9.69 Å². The third-order valence-corrected chi connectivity index (χ3v) is 4.59. The van der Waals surface area contributed by atoms with Crippen LogP contribution < -0.4 is 5.56 Å². The van der Waals surface area contributed by atoms with Crippen molar-refractivity contribution in [1.82, 2.24) is 14.7 Å². The van der Waals surface area contributed by atoms with Crippen LogP contribution in [-0.4, -0.2) is 27.8 Å². The van der Waals surface area contributed by atoms with Gasteiger partial charge >= 0.3 is 0 Å². The van der Waals surface area contributed by atoms with E-state index >= 15 is 0 Å². The maximum atomic E-state index is 11.4. The Kier molecular flexibility index (Phi) is 4.39. The Morgan fingerprint density at radius 2 is 1.68 bits per heavy atom. The fourth-order valence-electron chi connectivity index (χ4n) is 3.11. The van der Waals surface area contributed by atoms with E-state index in [1.54, 1.807) is 19.2 Å². The van der Waals surface area contributed by atoms with Crippen LogP contribution in [0.2, 0.25) is 0 Å². The first-order valence-electron chi connectivity index (χ1n) is 8.04. The molecule has 0 saturated carbocycles. The van der Waals surface area contributed by atoms with Crippen molar-refractivity contribution in [3.8, 4) is 11.3 Å². The van der Waals surface area contributed by atoms with Gasteiger partial charge in [0.15, 0.2) is 0 Å². The number of likely N-dealkylation sites (tertiary alicyclic amines) is 1. The third-order valence-electron chi connectivity index (χ3n) is 4.59. The molecule has 0 N–H and O–H groups in total. The molecule has 0 spiro atoms. The summed E-state index contributed by atoms with van der Waals surface area (Å²) in [6, 6.07) is 12.4. The monoisotopic (exact) mass is 297 g/mol. The zero-order valence-corrected chi connectivity index (χ0v) is 13.3. The minimum atomic E-state index is -0.0842. The highest BCUT2D eigenvalue weighted by Gasteiger charge is 2.18. The Hall–Kier alpha value is -1.94. The predicted molar refractivity (Wildman–Crippen MR) is 88.8 cm³/mol. The summed E-state index contributed by atoms with van der Waals surface area (Å²) in [7, 11) is 1.68. The first kappa shape index (κ1) is 15.0. The lowest BCUT2D eigenvalue weighted by Gasteiger charge is -2.32. The molecule has 0 radical (unpaired) electrons. The molecule has 116 valence electrons. The number of aryl methyl sites for hydroxylation is 1. The number of rotatable bonds is 3. The summed E-state index contributed by atoms with van der Waals surface area (Å²) < 4.78 is 1.37. The third kappa shape index (κ3) is 3.12. The van der Waals surface area contributed by atoms with Crippen molar-refractivity contribution >= 4 is 0 Å². The highest BCUT2D eigenvalue weighted by molar-refractivity contribution is 5.58. The van der Waals surface area contributed by atoms with Crippen LogP contribution in [-0.2, 0) is 7.05 Å². The standard InChI is InChI=1S/C18H23N3O/c1-14(21-12-4-3-5-13-21)15-6-8-16(9-7-15)17-10-11-18(22)20(2)19-17/h6-11,14H,3-5,12-13H2,1-2H3/t14-/m0/s1. The predicted octanol–water partition coefficient (Wildman–Crippen LogP) is 2.99. The SMILES string of the molecule is C[C@@H](c1ccc(-c2ccc(=O)n(C)n2)cc1)N1CCCCC1. The molecule has 1 aromatic heterocycles. The molecule has 22 heavy (non-hydrogen) atoms. The van der Waals surface area contributed by atoms with Gasteiger partial charge in [0.2, 0.25) is 0 Å². The molecule has 0 unspecified atom stereocenters. The molecule has 0 amide bonds. The van der Waals surface area contributed by atoms with E-state index < -0.39 is 0 Å². The van der Waals surface area contributed by atoms with E-state index in [1.807, 2.05) is 0 Å². The number of piperidine rings is 1. The summed E-state index contributed by atoms with van der Waals surface area (Å²) in [6.07, 6.45) is 3.98. The maximum Gasteiger partial charge on any atom is 0.266 e. The largest absolute Gasteiger partial charge is 0.297 e. The summed E-state index contributed by atoms with van der Waals surface area (Å²) in [5, 5.41) is 4.30. The second-order valence-electron chi connectivity index (χ2n) is 6.08. The van der Waals surface area contributed by atoms with Gasteiger partial charge in [0.05, 0.1) is 5.69 Å². The van der Waals surface area contributed by atoms with Crippen LogP contribution in [0, 0.1) is 0 Å². The lowest BCUT2D eigenvalue weighted by atomic mass is 10.0. The van der Waals surface area contributed by atoms with E-state index in [-0.39, 0.29) is 5.56 Å². The maximum absolute atomic E-state index is 11.4. The zero-order chi connectivity index (χ0) is 15.5. The molecule has 2 aromatic rings. The van der Waals surface area contributed by atoms with Gasteiger partial charge in [0.25, 0.3) is 5.56 Å². The molecule has 4 heteroatoms. The van der Waals surface area contributed by atoms with E-state index in [9.17, 15) is 4.79 Å². The van der Waals surface area contributed by atoms with Crippen molar-refractivity contribution in [2.24, 2.45) is 7.05 Å². The first-order chi connectivity index (χ1) is 10.6. The van der Waals surface area contributed by atoms with Gasteiger partial charge in [-0.1, -0.05) is 30.7 Å². The van der Waals surface area contributed by atoms with Crippen LogP contribution in [0.15, 0.2) is 41.2 Å². The molecule has 1 fully saturated rings. The average Bonchev–Trinajstić information content (AvgIpc) is 2.58. The van der Waals surface area contributed by atoms with Crippen molar-refractivity contribution in [3.63, 3.8) is 0 Å². The van der Waals surface area contributed by atoms with Gasteiger partial charge in [-0.15, -0.1) is 0 Å². The van der Waals surface area contributed by atoms with Crippen LogP contribution >= 0.6 is 0 Å². The quantitative estimate of drug-likeness (QED) is 0.874. The number of hydrogen-bond donors (Lipinski definition) is 0. The Balaban J connectivity index is 1.79. The fourth-order valence-corrected chi connectivity index (χ4v) is 3.11. The molecule has 1 saturated heterocycles. The molecular formula is C18H23N3O. The van der Waals surface area contributed by atoms with Gasteiger partial charge in [-0.25, -0.2) is 4.68 Å². The summed E-state index contributed by atoms with van der Waals surface area (Å²) in [5.74, 6) is 0. The van der Waals surface area contributed by atoms with Crippen molar-refractivity contribution in [2.75, 3.05) is 13.1 Å². The zero-order valence-electron chi connectivity index (χ0n) is 13.3. The van der Waals surface area contributed by atoms with E-state index in [2.05, 4.69) is 41.2 Å². The van der Waals surface area contributed by atoms with Crippen molar-refractivity contribution in [3.05, 3.63) is 52.3 Å². The second kappa shape index (κ2) is 6.44. The molecule has 1 aliphatic rings. The van der Waals surface area contributed by atoms with E-state index in [4.69, 9.17) is 0 Å². The Bertz CT molecular complexity index is 684. The van der Waals surface area contributed by atoms with Crippen LogP contribution in [0.4, 0.5) is 0 Å². The molecule has 0 bridgehead atoms. The van der Waals surface area contributed by atoms with E-state index in [1.165, 1.54) is 42.6 Å². The molecule has 1 aromatic carbocycles. The van der Waals surface area contributed by atoms with Gasteiger partial charge < -0.3 is 0 Å². The molecule has 3 rings (SSSR count). The highest BCUT2D eigenvalue weighted by Crippen LogP contribution is 2.26.